The van der Waals surface area contributed by atoms with Crippen molar-refractivity contribution in [3.8, 4) is 0 Å². The minimum atomic E-state index is -1.03. The van der Waals surface area contributed by atoms with Gasteiger partial charge in [0.2, 0.25) is 0 Å². The Labute approximate surface area is 130 Å². The Bertz CT molecular complexity index is 468. The molecule has 1 aromatic rings. The van der Waals surface area contributed by atoms with Crippen molar-refractivity contribution in [1.29, 1.82) is 0 Å². The zero-order valence-electron chi connectivity index (χ0n) is 12.1. The number of amides is 1. The number of hydrogen-bond donors (Lipinski definition) is 1. The summed E-state index contributed by atoms with van der Waals surface area (Å²) in [6.45, 7) is 3.31. The molecule has 114 valence electrons. The Kier molecular flexibility index (Phi) is 4.83. The average Bonchev–Trinajstić information content (AvgIpc) is 3.09. The molecule has 2 aliphatic heterocycles. The predicted molar refractivity (Wildman–Crippen MR) is 85.3 cm³/mol. The van der Waals surface area contributed by atoms with Gasteiger partial charge in [-0.05, 0) is 17.7 Å². The molecule has 1 amide bonds. The lowest BCUT2D eigenvalue weighted by atomic mass is 10.1. The van der Waals surface area contributed by atoms with Crippen LogP contribution in [0.15, 0.2) is 30.3 Å². The number of aliphatic hydroxyl groups excluding tert-OH is 1. The number of piperazine rings is 1. The Morgan fingerprint density at radius 3 is 2.52 bits per heavy atom. The van der Waals surface area contributed by atoms with Gasteiger partial charge < -0.3 is 10.0 Å². The summed E-state index contributed by atoms with van der Waals surface area (Å²) in [6.07, 6.45) is 0.241. The van der Waals surface area contributed by atoms with E-state index in [0.29, 0.717) is 11.6 Å². The second-order valence-corrected chi connectivity index (χ2v) is 6.84. The van der Waals surface area contributed by atoms with Crippen LogP contribution in [0.3, 0.4) is 0 Å². The van der Waals surface area contributed by atoms with Crippen molar-refractivity contribution in [1.82, 2.24) is 9.80 Å². The van der Waals surface area contributed by atoms with E-state index in [4.69, 9.17) is 0 Å². The van der Waals surface area contributed by atoms with Crippen molar-refractivity contribution < 1.29 is 9.90 Å². The highest BCUT2D eigenvalue weighted by Crippen LogP contribution is 2.24. The average molecular weight is 306 g/mol. The molecule has 0 bridgehead atoms. The number of thioether (sulfide) groups is 1. The van der Waals surface area contributed by atoms with Crippen LogP contribution in [0.2, 0.25) is 0 Å². The van der Waals surface area contributed by atoms with Gasteiger partial charge in [-0.15, -0.1) is 0 Å². The third kappa shape index (κ3) is 3.42. The monoisotopic (exact) mass is 306 g/mol. The summed E-state index contributed by atoms with van der Waals surface area (Å²) in [5, 5.41) is 10.2. The third-order valence-corrected chi connectivity index (χ3v) is 5.54. The summed E-state index contributed by atoms with van der Waals surface area (Å²) in [4.78, 5) is 16.7. The summed E-state index contributed by atoms with van der Waals surface area (Å²) in [5.41, 5.74) is 0.678. The third-order valence-electron chi connectivity index (χ3n) is 4.40. The Hall–Kier alpha value is -1.04. The first kappa shape index (κ1) is 14.9. The number of carbonyl (C=O) groups excluding carboxylic acids is 1. The first-order chi connectivity index (χ1) is 10.3. The first-order valence-corrected chi connectivity index (χ1v) is 8.75. The van der Waals surface area contributed by atoms with E-state index in [-0.39, 0.29) is 5.91 Å². The quantitative estimate of drug-likeness (QED) is 0.916. The molecular weight excluding hydrogens is 284 g/mol. The molecule has 2 fully saturated rings. The molecule has 21 heavy (non-hydrogen) atoms. The van der Waals surface area contributed by atoms with E-state index in [2.05, 4.69) is 4.90 Å². The molecule has 1 N–H and O–H groups in total. The molecule has 3 rings (SSSR count). The van der Waals surface area contributed by atoms with Crippen molar-refractivity contribution in [2.45, 2.75) is 18.6 Å². The van der Waals surface area contributed by atoms with E-state index in [0.717, 1.165) is 26.2 Å². The van der Waals surface area contributed by atoms with Gasteiger partial charge in [0.05, 0.1) is 0 Å². The molecule has 5 heteroatoms. The van der Waals surface area contributed by atoms with Crippen molar-refractivity contribution in [2.75, 3.05) is 37.7 Å². The van der Waals surface area contributed by atoms with Gasteiger partial charge in [-0.2, -0.15) is 11.8 Å². The maximum absolute atomic E-state index is 12.4. The van der Waals surface area contributed by atoms with E-state index in [1.807, 2.05) is 30.0 Å². The Morgan fingerprint density at radius 1 is 1.19 bits per heavy atom. The van der Waals surface area contributed by atoms with E-state index in [1.54, 1.807) is 17.0 Å². The normalized spacial score (nSPS) is 25.0. The number of benzene rings is 1. The smallest absolute Gasteiger partial charge is 0.256 e. The fourth-order valence-corrected chi connectivity index (χ4v) is 4.32. The molecular formula is C16H22N2O2S. The molecule has 0 aliphatic carbocycles. The lowest BCUT2D eigenvalue weighted by molar-refractivity contribution is -0.142. The van der Waals surface area contributed by atoms with Gasteiger partial charge in [0.1, 0.15) is 0 Å². The zero-order chi connectivity index (χ0) is 14.7. The van der Waals surface area contributed by atoms with Crippen LogP contribution in [-0.2, 0) is 4.79 Å². The van der Waals surface area contributed by atoms with Crippen LogP contribution in [0.4, 0.5) is 0 Å². The SMILES string of the molecule is O=C([C@H](O)c1ccccc1)N1CCN([C@H]2CCSC2)CC1. The molecule has 0 radical (unpaired) electrons. The highest BCUT2D eigenvalue weighted by atomic mass is 32.2. The minimum Gasteiger partial charge on any atom is -0.378 e. The van der Waals surface area contributed by atoms with Crippen LogP contribution < -0.4 is 0 Å². The van der Waals surface area contributed by atoms with Crippen LogP contribution in [0, 0.1) is 0 Å². The molecule has 2 atom stereocenters. The number of nitrogens with zero attached hydrogens (tertiary/aromatic N) is 2. The minimum absolute atomic E-state index is 0.165. The van der Waals surface area contributed by atoms with Crippen LogP contribution in [0.25, 0.3) is 0 Å². The Balaban J connectivity index is 1.55. The van der Waals surface area contributed by atoms with Crippen LogP contribution in [0.5, 0.6) is 0 Å². The van der Waals surface area contributed by atoms with Crippen molar-refractivity contribution >= 4 is 17.7 Å². The topological polar surface area (TPSA) is 43.8 Å². The van der Waals surface area contributed by atoms with E-state index in [9.17, 15) is 9.90 Å². The highest BCUT2D eigenvalue weighted by Gasteiger charge is 2.30. The highest BCUT2D eigenvalue weighted by molar-refractivity contribution is 7.99. The molecule has 0 aromatic heterocycles. The van der Waals surface area contributed by atoms with Gasteiger partial charge in [-0.3, -0.25) is 9.69 Å². The summed E-state index contributed by atoms with van der Waals surface area (Å²) < 4.78 is 0. The lowest BCUT2D eigenvalue weighted by Gasteiger charge is -2.38. The summed E-state index contributed by atoms with van der Waals surface area (Å²) in [6, 6.07) is 9.87. The summed E-state index contributed by atoms with van der Waals surface area (Å²) >= 11 is 2.02. The molecule has 2 heterocycles. The largest absolute Gasteiger partial charge is 0.378 e. The predicted octanol–water partition coefficient (Wildman–Crippen LogP) is 1.37. The molecule has 0 unspecified atom stereocenters. The van der Waals surface area contributed by atoms with Crippen LogP contribution >= 0.6 is 11.8 Å². The van der Waals surface area contributed by atoms with E-state index in [1.165, 1.54) is 17.9 Å². The maximum Gasteiger partial charge on any atom is 0.256 e. The fourth-order valence-electron chi connectivity index (χ4n) is 3.07. The van der Waals surface area contributed by atoms with Crippen LogP contribution in [-0.4, -0.2) is 64.5 Å². The van der Waals surface area contributed by atoms with Crippen molar-refractivity contribution in [3.05, 3.63) is 35.9 Å². The summed E-state index contributed by atoms with van der Waals surface area (Å²) in [5.74, 6) is 2.32. The standard InChI is InChI=1S/C16H22N2O2S/c19-15(13-4-2-1-3-5-13)16(20)18-9-7-17(8-10-18)14-6-11-21-12-14/h1-5,14-15,19H,6-12H2/t14-,15+/m0/s1. The van der Waals surface area contributed by atoms with Gasteiger partial charge in [0.15, 0.2) is 6.10 Å². The molecule has 2 saturated heterocycles. The number of aliphatic hydroxyl groups is 1. The van der Waals surface area contributed by atoms with Gasteiger partial charge in [-0.1, -0.05) is 30.3 Å². The molecule has 0 saturated carbocycles. The second-order valence-electron chi connectivity index (χ2n) is 5.69. The second kappa shape index (κ2) is 6.81. The first-order valence-electron chi connectivity index (χ1n) is 7.59. The van der Waals surface area contributed by atoms with E-state index < -0.39 is 6.10 Å². The zero-order valence-corrected chi connectivity index (χ0v) is 13.0. The Morgan fingerprint density at radius 2 is 1.90 bits per heavy atom. The van der Waals surface area contributed by atoms with Crippen molar-refractivity contribution in [2.24, 2.45) is 0 Å². The molecule has 0 spiro atoms. The number of carbonyl (C=O) groups is 1. The van der Waals surface area contributed by atoms with Gasteiger partial charge in [0, 0.05) is 38.0 Å². The van der Waals surface area contributed by atoms with E-state index >= 15 is 0 Å². The number of rotatable bonds is 3. The van der Waals surface area contributed by atoms with Gasteiger partial charge in [-0.25, -0.2) is 0 Å². The number of hydrogen-bond acceptors (Lipinski definition) is 4. The van der Waals surface area contributed by atoms with Gasteiger partial charge in [0.25, 0.3) is 5.91 Å². The van der Waals surface area contributed by atoms with Gasteiger partial charge >= 0.3 is 0 Å². The molecule has 4 nitrogen and oxygen atoms in total. The molecule has 2 aliphatic rings. The molecule has 1 aromatic carbocycles. The maximum atomic E-state index is 12.4. The van der Waals surface area contributed by atoms with Crippen LogP contribution in [0.1, 0.15) is 18.1 Å². The summed E-state index contributed by atoms with van der Waals surface area (Å²) in [7, 11) is 0. The lowest BCUT2D eigenvalue weighted by Crippen LogP contribution is -2.53. The fraction of sp³-hybridized carbons (Fsp3) is 0.562. The van der Waals surface area contributed by atoms with Crippen molar-refractivity contribution in [3.63, 3.8) is 0 Å².